The topological polar surface area (TPSA) is 49.3 Å². The number of pyridine rings is 1. The molecule has 0 fully saturated rings. The smallest absolute Gasteiger partial charge is 0.191 e. The first kappa shape index (κ1) is 15.9. The highest BCUT2D eigenvalue weighted by molar-refractivity contribution is 5.79. The number of halogens is 1. The van der Waals surface area contributed by atoms with Crippen LogP contribution in [-0.2, 0) is 13.0 Å². The Labute approximate surface area is 130 Å². The van der Waals surface area contributed by atoms with Crippen molar-refractivity contribution in [3.63, 3.8) is 0 Å². The maximum absolute atomic E-state index is 13.5. The quantitative estimate of drug-likeness (QED) is 0.658. The molecule has 1 heterocycles. The fourth-order valence-corrected chi connectivity index (χ4v) is 2.11. The molecule has 1 aromatic heterocycles. The first-order valence-corrected chi connectivity index (χ1v) is 7.29. The van der Waals surface area contributed by atoms with Crippen molar-refractivity contribution in [2.75, 3.05) is 13.6 Å². The second kappa shape index (κ2) is 8.12. The first-order valence-electron chi connectivity index (χ1n) is 7.29. The number of nitrogens with one attached hydrogen (secondary N) is 2. The van der Waals surface area contributed by atoms with Crippen molar-refractivity contribution in [1.29, 1.82) is 0 Å². The van der Waals surface area contributed by atoms with E-state index in [0.717, 1.165) is 11.4 Å². The molecular formula is C17H21FN4. The molecule has 116 valence electrons. The maximum Gasteiger partial charge on any atom is 0.191 e. The number of aliphatic imine (C=N–C) groups is 1. The van der Waals surface area contributed by atoms with Crippen molar-refractivity contribution < 1.29 is 4.39 Å². The highest BCUT2D eigenvalue weighted by Gasteiger charge is 2.02. The second-order valence-corrected chi connectivity index (χ2v) is 4.96. The molecule has 1 aromatic carbocycles. The van der Waals surface area contributed by atoms with Gasteiger partial charge in [0.2, 0.25) is 0 Å². The standard InChI is InChI=1S/C17H21FN4/c1-13-6-5-8-15(22-13)12-21-17(19-2)20-11-10-14-7-3-4-9-16(14)18/h3-9H,10-12H2,1-2H3,(H2,19,20,21). The monoisotopic (exact) mass is 300 g/mol. The molecule has 0 radical (unpaired) electrons. The number of aryl methyl sites for hydroxylation is 1. The summed E-state index contributed by atoms with van der Waals surface area (Å²) in [6, 6.07) is 12.7. The van der Waals surface area contributed by atoms with Gasteiger partial charge in [-0.3, -0.25) is 9.98 Å². The van der Waals surface area contributed by atoms with E-state index < -0.39 is 0 Å². The summed E-state index contributed by atoms with van der Waals surface area (Å²) in [6.45, 7) is 3.17. The van der Waals surface area contributed by atoms with Gasteiger partial charge in [-0.15, -0.1) is 0 Å². The number of guanidine groups is 1. The lowest BCUT2D eigenvalue weighted by Crippen LogP contribution is -2.38. The Hall–Kier alpha value is -2.43. The molecule has 0 bridgehead atoms. The van der Waals surface area contributed by atoms with Gasteiger partial charge in [0.1, 0.15) is 5.82 Å². The van der Waals surface area contributed by atoms with E-state index in [-0.39, 0.29) is 5.82 Å². The van der Waals surface area contributed by atoms with Crippen LogP contribution in [0, 0.1) is 12.7 Å². The van der Waals surface area contributed by atoms with Gasteiger partial charge in [-0.2, -0.15) is 0 Å². The molecular weight excluding hydrogens is 279 g/mol. The highest BCUT2D eigenvalue weighted by atomic mass is 19.1. The third-order valence-electron chi connectivity index (χ3n) is 3.25. The number of aromatic nitrogens is 1. The van der Waals surface area contributed by atoms with E-state index in [2.05, 4.69) is 20.6 Å². The summed E-state index contributed by atoms with van der Waals surface area (Å²) in [6.07, 6.45) is 0.607. The van der Waals surface area contributed by atoms with Crippen LogP contribution < -0.4 is 10.6 Å². The fraction of sp³-hybridized carbons (Fsp3) is 0.294. The Balaban J connectivity index is 1.79. The predicted octanol–water partition coefficient (Wildman–Crippen LogP) is 2.44. The van der Waals surface area contributed by atoms with Crippen molar-refractivity contribution in [2.24, 2.45) is 4.99 Å². The van der Waals surface area contributed by atoms with Gasteiger partial charge < -0.3 is 10.6 Å². The minimum absolute atomic E-state index is 0.170. The average molecular weight is 300 g/mol. The summed E-state index contributed by atoms with van der Waals surface area (Å²) >= 11 is 0. The molecule has 0 aliphatic rings. The molecule has 0 saturated heterocycles. The first-order chi connectivity index (χ1) is 10.7. The Morgan fingerprint density at radius 1 is 1.14 bits per heavy atom. The van der Waals surface area contributed by atoms with Crippen LogP contribution in [0.3, 0.4) is 0 Å². The number of nitrogens with zero attached hydrogens (tertiary/aromatic N) is 2. The molecule has 22 heavy (non-hydrogen) atoms. The molecule has 0 aliphatic carbocycles. The maximum atomic E-state index is 13.5. The molecule has 2 rings (SSSR count). The lowest BCUT2D eigenvalue weighted by molar-refractivity contribution is 0.606. The summed E-state index contributed by atoms with van der Waals surface area (Å²) in [5.74, 6) is 0.510. The fourth-order valence-electron chi connectivity index (χ4n) is 2.11. The third kappa shape index (κ3) is 4.84. The molecule has 2 N–H and O–H groups in total. The van der Waals surface area contributed by atoms with Crippen LogP contribution in [-0.4, -0.2) is 24.5 Å². The summed E-state index contributed by atoms with van der Waals surface area (Å²) in [5, 5.41) is 6.37. The van der Waals surface area contributed by atoms with Gasteiger partial charge in [-0.05, 0) is 37.1 Å². The number of hydrogen-bond donors (Lipinski definition) is 2. The minimum Gasteiger partial charge on any atom is -0.356 e. The molecule has 0 unspecified atom stereocenters. The summed E-state index contributed by atoms with van der Waals surface area (Å²) < 4.78 is 13.5. The van der Waals surface area contributed by atoms with Crippen LogP contribution in [0.15, 0.2) is 47.5 Å². The van der Waals surface area contributed by atoms with Gasteiger partial charge in [0.05, 0.1) is 12.2 Å². The van der Waals surface area contributed by atoms with Crippen LogP contribution in [0.25, 0.3) is 0 Å². The average Bonchev–Trinajstić information content (AvgIpc) is 2.52. The zero-order chi connectivity index (χ0) is 15.8. The number of hydrogen-bond acceptors (Lipinski definition) is 2. The lowest BCUT2D eigenvalue weighted by Gasteiger charge is -2.12. The lowest BCUT2D eigenvalue weighted by atomic mass is 10.1. The molecule has 0 aliphatic heterocycles. The molecule has 4 nitrogen and oxygen atoms in total. The van der Waals surface area contributed by atoms with E-state index in [1.54, 1.807) is 19.2 Å². The van der Waals surface area contributed by atoms with Crippen molar-refractivity contribution in [3.8, 4) is 0 Å². The molecule has 2 aromatic rings. The van der Waals surface area contributed by atoms with Gasteiger partial charge in [0.15, 0.2) is 5.96 Å². The Morgan fingerprint density at radius 2 is 1.95 bits per heavy atom. The Kier molecular flexibility index (Phi) is 5.89. The minimum atomic E-state index is -0.170. The molecule has 0 spiro atoms. The van der Waals surface area contributed by atoms with Gasteiger partial charge in [0, 0.05) is 19.3 Å². The van der Waals surface area contributed by atoms with Crippen molar-refractivity contribution in [3.05, 3.63) is 65.2 Å². The van der Waals surface area contributed by atoms with E-state index in [1.165, 1.54) is 6.07 Å². The molecule has 5 heteroatoms. The van der Waals surface area contributed by atoms with Gasteiger partial charge in [-0.1, -0.05) is 24.3 Å². The van der Waals surface area contributed by atoms with E-state index in [1.807, 2.05) is 31.2 Å². The van der Waals surface area contributed by atoms with Crippen LogP contribution in [0.5, 0.6) is 0 Å². The van der Waals surface area contributed by atoms with Gasteiger partial charge >= 0.3 is 0 Å². The summed E-state index contributed by atoms with van der Waals surface area (Å²) in [4.78, 5) is 8.58. The summed E-state index contributed by atoms with van der Waals surface area (Å²) in [7, 11) is 1.71. The van der Waals surface area contributed by atoms with E-state index in [0.29, 0.717) is 31.0 Å². The van der Waals surface area contributed by atoms with Crippen molar-refractivity contribution in [2.45, 2.75) is 19.9 Å². The highest BCUT2D eigenvalue weighted by Crippen LogP contribution is 2.06. The predicted molar refractivity (Wildman–Crippen MR) is 87.3 cm³/mol. The SMILES string of the molecule is CN=C(NCCc1ccccc1F)NCc1cccc(C)n1. The Bertz CT molecular complexity index is 640. The van der Waals surface area contributed by atoms with E-state index in [4.69, 9.17) is 0 Å². The molecule has 0 saturated carbocycles. The number of benzene rings is 1. The Morgan fingerprint density at radius 3 is 2.68 bits per heavy atom. The second-order valence-electron chi connectivity index (χ2n) is 4.96. The largest absolute Gasteiger partial charge is 0.356 e. The van der Waals surface area contributed by atoms with Gasteiger partial charge in [0.25, 0.3) is 0 Å². The normalized spacial score (nSPS) is 11.3. The summed E-state index contributed by atoms with van der Waals surface area (Å²) in [5.41, 5.74) is 2.64. The molecule has 0 atom stereocenters. The van der Waals surface area contributed by atoms with Crippen molar-refractivity contribution >= 4 is 5.96 Å². The third-order valence-corrected chi connectivity index (χ3v) is 3.25. The van der Waals surface area contributed by atoms with Crippen LogP contribution in [0.2, 0.25) is 0 Å². The van der Waals surface area contributed by atoms with Crippen LogP contribution in [0.4, 0.5) is 4.39 Å². The number of rotatable bonds is 5. The van der Waals surface area contributed by atoms with Gasteiger partial charge in [-0.25, -0.2) is 4.39 Å². The zero-order valence-electron chi connectivity index (χ0n) is 12.9. The van der Waals surface area contributed by atoms with Crippen LogP contribution in [0.1, 0.15) is 17.0 Å². The van der Waals surface area contributed by atoms with Crippen LogP contribution >= 0.6 is 0 Å². The van der Waals surface area contributed by atoms with Crippen molar-refractivity contribution in [1.82, 2.24) is 15.6 Å². The van der Waals surface area contributed by atoms with E-state index >= 15 is 0 Å². The zero-order valence-corrected chi connectivity index (χ0v) is 12.9. The van der Waals surface area contributed by atoms with E-state index in [9.17, 15) is 4.39 Å². The molecule has 0 amide bonds.